The minimum atomic E-state index is -2.45. The molecule has 5 rings (SSSR count). The molecule has 9 nitrogen and oxygen atoms in total. The van der Waals surface area contributed by atoms with Crippen LogP contribution in [0, 0.1) is 10.8 Å². The van der Waals surface area contributed by atoms with Gasteiger partial charge in [0.15, 0.2) is 11.4 Å². The number of phenolic OH excluding ortho intramolecular Hbond substituents is 1. The second-order valence-corrected chi connectivity index (χ2v) is 13.4. The number of phenols is 1. The quantitative estimate of drug-likeness (QED) is 0.306. The number of fused-ring (bicyclic) bond motifs is 3. The van der Waals surface area contributed by atoms with E-state index in [9.17, 15) is 34.8 Å². The number of Topliss-reactive ketones (excluding diaryl/α,β-unsaturated/α-hetero) is 2. The molecule has 0 spiro atoms. The zero-order valence-electron chi connectivity index (χ0n) is 26.3. The van der Waals surface area contributed by atoms with Crippen LogP contribution in [0.3, 0.4) is 0 Å². The van der Waals surface area contributed by atoms with Crippen molar-refractivity contribution in [3.63, 3.8) is 0 Å². The van der Waals surface area contributed by atoms with Gasteiger partial charge >= 0.3 is 5.97 Å². The predicted molar refractivity (Wildman–Crippen MR) is 166 cm³/mol. The van der Waals surface area contributed by atoms with Crippen molar-refractivity contribution < 1.29 is 39.5 Å². The lowest BCUT2D eigenvalue weighted by atomic mass is 9.48. The summed E-state index contributed by atoms with van der Waals surface area (Å²) >= 11 is 0. The molecule has 0 heterocycles. The first-order chi connectivity index (χ1) is 20.5. The zero-order valence-corrected chi connectivity index (χ0v) is 26.3. The molecule has 3 atom stereocenters. The van der Waals surface area contributed by atoms with Crippen LogP contribution >= 0.6 is 0 Å². The maximum Gasteiger partial charge on any atom is 0.337 e. The molecule has 0 radical (unpaired) electrons. The highest BCUT2D eigenvalue weighted by molar-refractivity contribution is 6.17. The first-order valence-corrected chi connectivity index (χ1v) is 15.0. The Kier molecular flexibility index (Phi) is 7.48. The van der Waals surface area contributed by atoms with E-state index in [1.165, 1.54) is 6.92 Å². The van der Waals surface area contributed by atoms with E-state index in [0.29, 0.717) is 36.0 Å². The zero-order chi connectivity index (χ0) is 32.5. The summed E-state index contributed by atoms with van der Waals surface area (Å²) in [6.45, 7) is 10.8. The molecule has 0 amide bonds. The Hall–Kier alpha value is -4.11. The summed E-state index contributed by atoms with van der Waals surface area (Å²) in [6, 6.07) is 1.87. The Labute approximate surface area is 257 Å². The summed E-state index contributed by atoms with van der Waals surface area (Å²) in [5.74, 6) is -3.04. The van der Waals surface area contributed by atoms with Crippen LogP contribution in [0.2, 0.25) is 0 Å². The monoisotopic (exact) mass is 603 g/mol. The predicted octanol–water partition coefficient (Wildman–Crippen LogP) is 5.27. The third-order valence-electron chi connectivity index (χ3n) is 9.80. The number of aromatic hydroxyl groups is 1. The average molecular weight is 604 g/mol. The number of nitrogens with zero attached hydrogens (tertiary/aromatic N) is 1. The van der Waals surface area contributed by atoms with Crippen molar-refractivity contribution in [2.45, 2.75) is 71.8 Å². The van der Waals surface area contributed by atoms with Crippen LogP contribution < -0.4 is 4.90 Å². The van der Waals surface area contributed by atoms with Gasteiger partial charge in [0.05, 0.1) is 23.3 Å². The van der Waals surface area contributed by atoms with Crippen LogP contribution in [0.1, 0.15) is 74.9 Å². The molecule has 0 aromatic heterocycles. The van der Waals surface area contributed by atoms with E-state index in [-0.39, 0.29) is 65.6 Å². The van der Waals surface area contributed by atoms with Crippen LogP contribution in [0.25, 0.3) is 0 Å². The first-order valence-electron chi connectivity index (χ1n) is 15.0. The van der Waals surface area contributed by atoms with E-state index < -0.39 is 33.8 Å². The maximum absolute atomic E-state index is 14.4. The Morgan fingerprint density at radius 3 is 2.41 bits per heavy atom. The molecule has 1 aromatic rings. The van der Waals surface area contributed by atoms with Crippen molar-refractivity contribution in [1.29, 1.82) is 0 Å². The average Bonchev–Trinajstić information content (AvgIpc) is 3.39. The fourth-order valence-electron chi connectivity index (χ4n) is 7.83. The molecule has 4 aliphatic rings. The number of anilines is 1. The molecule has 0 fully saturated rings. The van der Waals surface area contributed by atoms with Gasteiger partial charge in [-0.1, -0.05) is 32.1 Å². The number of hydrogen-bond donors (Lipinski definition) is 4. The van der Waals surface area contributed by atoms with Gasteiger partial charge in [-0.05, 0) is 74.8 Å². The number of ether oxygens (including phenoxy) is 1. The number of carbonyl (C=O) groups is 3. The van der Waals surface area contributed by atoms with Gasteiger partial charge in [0.2, 0.25) is 5.78 Å². The minimum absolute atomic E-state index is 0.0462. The van der Waals surface area contributed by atoms with E-state index in [2.05, 4.69) is 6.58 Å². The van der Waals surface area contributed by atoms with Crippen molar-refractivity contribution in [3.05, 3.63) is 80.9 Å². The maximum atomic E-state index is 14.4. The SMILES string of the molecule is C=C(C)C1=C(O)C[C@]2(C)C[C@]3(C)Cc4c(N(C)C)cc(CCC5=CC(C(=O)OCC)=CC5)c(O)c4C(=O)C3=C(O)[C@]2(O)C1=O. The molecule has 4 N–H and O–H groups in total. The lowest BCUT2D eigenvalue weighted by Crippen LogP contribution is -2.63. The molecular weight excluding hydrogens is 562 g/mol. The summed E-state index contributed by atoms with van der Waals surface area (Å²) in [5.41, 5.74) is -1.34. The smallest absolute Gasteiger partial charge is 0.337 e. The third-order valence-corrected chi connectivity index (χ3v) is 9.80. The van der Waals surface area contributed by atoms with Gasteiger partial charge in [0.1, 0.15) is 17.3 Å². The Morgan fingerprint density at radius 1 is 1.11 bits per heavy atom. The highest BCUT2D eigenvalue weighted by Crippen LogP contribution is 2.63. The summed E-state index contributed by atoms with van der Waals surface area (Å²) in [6.07, 6.45) is 5.41. The molecule has 0 unspecified atom stereocenters. The molecule has 44 heavy (non-hydrogen) atoms. The van der Waals surface area contributed by atoms with Gasteiger partial charge in [-0.15, -0.1) is 0 Å². The van der Waals surface area contributed by atoms with Gasteiger partial charge in [-0.2, -0.15) is 0 Å². The van der Waals surface area contributed by atoms with Crippen molar-refractivity contribution in [2.24, 2.45) is 10.8 Å². The number of hydrogen-bond acceptors (Lipinski definition) is 9. The number of aliphatic hydroxyl groups is 3. The van der Waals surface area contributed by atoms with Crippen molar-refractivity contribution in [3.8, 4) is 5.75 Å². The number of benzene rings is 1. The second kappa shape index (κ2) is 10.5. The van der Waals surface area contributed by atoms with Gasteiger partial charge in [-0.3, -0.25) is 9.59 Å². The summed E-state index contributed by atoms with van der Waals surface area (Å²) in [5, 5.41) is 46.2. The fraction of sp³-hybridized carbons (Fsp3) is 0.457. The van der Waals surface area contributed by atoms with E-state index >= 15 is 0 Å². The minimum Gasteiger partial charge on any atom is -0.512 e. The number of ketones is 2. The molecule has 9 heteroatoms. The van der Waals surface area contributed by atoms with E-state index in [1.54, 1.807) is 19.9 Å². The summed E-state index contributed by atoms with van der Waals surface area (Å²) in [4.78, 5) is 42.1. The third kappa shape index (κ3) is 4.43. The van der Waals surface area contributed by atoms with Crippen molar-refractivity contribution >= 4 is 23.2 Å². The highest BCUT2D eigenvalue weighted by atomic mass is 16.5. The number of rotatable bonds is 7. The Bertz CT molecular complexity index is 1660. The number of esters is 1. The molecule has 0 saturated heterocycles. The lowest BCUT2D eigenvalue weighted by Gasteiger charge is -2.56. The van der Waals surface area contributed by atoms with Crippen LogP contribution in [-0.2, 0) is 27.2 Å². The molecular formula is C35H41NO8. The first kappa shape index (κ1) is 31.3. The number of aliphatic hydroxyl groups excluding tert-OH is 2. The largest absolute Gasteiger partial charge is 0.512 e. The topological polar surface area (TPSA) is 145 Å². The van der Waals surface area contributed by atoms with Crippen molar-refractivity contribution in [1.82, 2.24) is 0 Å². The lowest BCUT2D eigenvalue weighted by molar-refractivity contribution is -0.157. The van der Waals surface area contributed by atoms with Crippen LogP contribution in [-0.4, -0.2) is 64.3 Å². The van der Waals surface area contributed by atoms with Gasteiger partial charge in [-0.25, -0.2) is 4.79 Å². The van der Waals surface area contributed by atoms with Gasteiger partial charge < -0.3 is 30.1 Å². The summed E-state index contributed by atoms with van der Waals surface area (Å²) in [7, 11) is 3.70. The van der Waals surface area contributed by atoms with E-state index in [4.69, 9.17) is 4.74 Å². The summed E-state index contributed by atoms with van der Waals surface area (Å²) < 4.78 is 5.09. The number of allylic oxidation sites excluding steroid dienone is 5. The Balaban J connectivity index is 1.59. The molecule has 1 aromatic carbocycles. The van der Waals surface area contributed by atoms with Crippen molar-refractivity contribution in [2.75, 3.05) is 25.6 Å². The van der Waals surface area contributed by atoms with Crippen LogP contribution in [0.15, 0.2) is 64.2 Å². The van der Waals surface area contributed by atoms with E-state index in [1.807, 2.05) is 38.1 Å². The molecule has 4 aliphatic carbocycles. The number of aryl methyl sites for hydroxylation is 1. The van der Waals surface area contributed by atoms with Crippen LogP contribution in [0.4, 0.5) is 5.69 Å². The standard InChI is InChI=1S/C35H41NO8/c1-8-44-32(42)21-12-10-19(13-21)9-11-20-14-23(36(6)7)22-15-33(4)17-34(5)16-24(37)25(18(2)3)30(40)35(34,43)31(41)27(33)29(39)26(22)28(20)38/h12-14,37-38,41,43H,2,8-11,15-17H2,1,3-7H3/t33-,34+,35+/m0/s1. The molecule has 234 valence electrons. The molecule has 0 aliphatic heterocycles. The number of carbonyl (C=O) groups excluding carboxylic acids is 3. The molecule has 0 bridgehead atoms. The fourth-order valence-corrected chi connectivity index (χ4v) is 7.83. The van der Waals surface area contributed by atoms with Crippen LogP contribution in [0.5, 0.6) is 5.75 Å². The highest BCUT2D eigenvalue weighted by Gasteiger charge is 2.67. The molecule has 0 saturated carbocycles. The Morgan fingerprint density at radius 2 is 1.80 bits per heavy atom. The normalized spacial score (nSPS) is 27.8. The second-order valence-electron chi connectivity index (χ2n) is 13.4. The van der Waals surface area contributed by atoms with Gasteiger partial charge in [0.25, 0.3) is 0 Å². The van der Waals surface area contributed by atoms with Gasteiger partial charge in [0, 0.05) is 42.6 Å². The van der Waals surface area contributed by atoms with E-state index in [0.717, 1.165) is 11.3 Å².